The third-order valence-electron chi connectivity index (χ3n) is 4.15. The van der Waals surface area contributed by atoms with E-state index >= 15 is 0 Å². The monoisotopic (exact) mass is 364 g/mol. The predicted octanol–water partition coefficient (Wildman–Crippen LogP) is 2.26. The van der Waals surface area contributed by atoms with Gasteiger partial charge in [0.25, 0.3) is 0 Å². The van der Waals surface area contributed by atoms with Gasteiger partial charge in [0, 0.05) is 42.6 Å². The Balaban J connectivity index is 1.83. The fourth-order valence-electron chi connectivity index (χ4n) is 2.98. The Kier molecular flexibility index (Phi) is 5.32. The molecule has 138 valence electrons. The molecule has 2 aromatic rings. The molecule has 1 atom stereocenters. The molecule has 1 unspecified atom stereocenters. The minimum Gasteiger partial charge on any atom is -0.497 e. The summed E-state index contributed by atoms with van der Waals surface area (Å²) in [7, 11) is 1.33. The van der Waals surface area contributed by atoms with Gasteiger partial charge in [0.05, 0.1) is 13.7 Å². The molecule has 1 aliphatic heterocycles. The molecule has 0 saturated carbocycles. The summed E-state index contributed by atoms with van der Waals surface area (Å²) in [6, 6.07) is 7.08. The molecule has 3 rings (SSSR count). The summed E-state index contributed by atoms with van der Waals surface area (Å²) in [5.41, 5.74) is -0.130. The first-order chi connectivity index (χ1) is 12.5. The van der Waals surface area contributed by atoms with E-state index in [1.54, 1.807) is 18.2 Å². The van der Waals surface area contributed by atoms with Crippen molar-refractivity contribution >= 4 is 11.7 Å². The molecule has 1 saturated heterocycles. The first kappa shape index (κ1) is 18.1. The van der Waals surface area contributed by atoms with E-state index in [4.69, 9.17) is 14.6 Å². The number of halogens is 2. The summed E-state index contributed by atoms with van der Waals surface area (Å²) in [4.78, 5) is 17.9. The average Bonchev–Trinajstić information content (AvgIpc) is 3.00. The molecule has 1 aliphatic rings. The number of aromatic nitrogens is 1. The van der Waals surface area contributed by atoms with Crippen LogP contribution in [-0.4, -0.2) is 42.9 Å². The van der Waals surface area contributed by atoms with E-state index in [-0.39, 0.29) is 49.3 Å². The quantitative estimate of drug-likeness (QED) is 0.851. The zero-order chi connectivity index (χ0) is 18.7. The SMILES string of the molecule is COc1cc(F)c(C2CC(=O)N(c3cccc(OCCO)n3)C2)c(F)c1. The van der Waals surface area contributed by atoms with Gasteiger partial charge < -0.3 is 14.6 Å². The van der Waals surface area contributed by atoms with Gasteiger partial charge in [0.15, 0.2) is 0 Å². The minimum atomic E-state index is -0.741. The predicted molar refractivity (Wildman–Crippen MR) is 89.4 cm³/mol. The zero-order valence-corrected chi connectivity index (χ0v) is 14.1. The minimum absolute atomic E-state index is 0.0242. The highest BCUT2D eigenvalue weighted by Gasteiger charge is 2.35. The van der Waals surface area contributed by atoms with E-state index in [2.05, 4.69) is 4.98 Å². The van der Waals surface area contributed by atoms with Gasteiger partial charge >= 0.3 is 0 Å². The number of anilines is 1. The summed E-state index contributed by atoms with van der Waals surface area (Å²) in [5, 5.41) is 8.80. The highest BCUT2D eigenvalue weighted by atomic mass is 19.1. The summed E-state index contributed by atoms with van der Waals surface area (Å²) < 4.78 is 38.7. The first-order valence-electron chi connectivity index (χ1n) is 8.07. The lowest BCUT2D eigenvalue weighted by Gasteiger charge is -2.17. The number of hydrogen-bond donors (Lipinski definition) is 1. The van der Waals surface area contributed by atoms with Gasteiger partial charge in [-0.2, -0.15) is 4.98 Å². The van der Waals surface area contributed by atoms with Crippen LogP contribution < -0.4 is 14.4 Å². The van der Waals surface area contributed by atoms with Crippen molar-refractivity contribution in [2.75, 3.05) is 31.8 Å². The molecular weight excluding hydrogens is 346 g/mol. The van der Waals surface area contributed by atoms with Gasteiger partial charge in [0.1, 0.15) is 29.8 Å². The molecule has 0 aliphatic carbocycles. The van der Waals surface area contributed by atoms with Crippen LogP contribution in [0.4, 0.5) is 14.6 Å². The van der Waals surface area contributed by atoms with Gasteiger partial charge in [-0.05, 0) is 6.07 Å². The number of methoxy groups -OCH3 is 1. The Hall–Kier alpha value is -2.74. The normalized spacial score (nSPS) is 16.8. The van der Waals surface area contributed by atoms with Gasteiger partial charge in [-0.1, -0.05) is 6.07 Å². The van der Waals surface area contributed by atoms with E-state index in [1.807, 2.05) is 0 Å². The Morgan fingerprint density at radius 3 is 2.69 bits per heavy atom. The molecule has 6 nitrogen and oxygen atoms in total. The molecule has 8 heteroatoms. The first-order valence-corrected chi connectivity index (χ1v) is 8.07. The van der Waals surface area contributed by atoms with Crippen molar-refractivity contribution < 1.29 is 28.2 Å². The highest BCUT2D eigenvalue weighted by molar-refractivity contribution is 5.95. The lowest BCUT2D eigenvalue weighted by Crippen LogP contribution is -2.25. The van der Waals surface area contributed by atoms with Crippen LogP contribution in [0.25, 0.3) is 0 Å². The number of aliphatic hydroxyl groups is 1. The molecule has 1 N–H and O–H groups in total. The molecular formula is C18H18F2N2O4. The van der Waals surface area contributed by atoms with E-state index in [0.717, 1.165) is 12.1 Å². The van der Waals surface area contributed by atoms with Crippen molar-refractivity contribution in [2.24, 2.45) is 0 Å². The van der Waals surface area contributed by atoms with Crippen LogP contribution in [0.15, 0.2) is 30.3 Å². The van der Waals surface area contributed by atoms with Crippen molar-refractivity contribution in [3.05, 3.63) is 47.5 Å². The van der Waals surface area contributed by atoms with Crippen molar-refractivity contribution in [2.45, 2.75) is 12.3 Å². The van der Waals surface area contributed by atoms with Crippen LogP contribution in [0.2, 0.25) is 0 Å². The Labute approximate surface area is 149 Å². The number of pyridine rings is 1. The number of rotatable bonds is 6. The lowest BCUT2D eigenvalue weighted by molar-refractivity contribution is -0.117. The number of nitrogens with zero attached hydrogens (tertiary/aromatic N) is 2. The molecule has 2 heterocycles. The van der Waals surface area contributed by atoms with Gasteiger partial charge in [-0.25, -0.2) is 8.78 Å². The number of carbonyl (C=O) groups excluding carboxylic acids is 1. The maximum atomic E-state index is 14.3. The Morgan fingerprint density at radius 2 is 2.04 bits per heavy atom. The van der Waals surface area contributed by atoms with E-state index in [1.165, 1.54) is 12.0 Å². The second-order valence-electron chi connectivity index (χ2n) is 5.82. The van der Waals surface area contributed by atoms with Gasteiger partial charge in [-0.15, -0.1) is 0 Å². The lowest BCUT2D eigenvalue weighted by atomic mass is 9.97. The third-order valence-corrected chi connectivity index (χ3v) is 4.15. The van der Waals surface area contributed by atoms with E-state index in [0.29, 0.717) is 5.82 Å². The van der Waals surface area contributed by atoms with Gasteiger partial charge in [0.2, 0.25) is 11.8 Å². The third kappa shape index (κ3) is 3.60. The average molecular weight is 364 g/mol. The second kappa shape index (κ2) is 7.65. The van der Waals surface area contributed by atoms with Crippen LogP contribution in [0.5, 0.6) is 11.6 Å². The molecule has 1 amide bonds. The fraction of sp³-hybridized carbons (Fsp3) is 0.333. The zero-order valence-electron chi connectivity index (χ0n) is 14.1. The number of hydrogen-bond acceptors (Lipinski definition) is 5. The number of carbonyl (C=O) groups is 1. The van der Waals surface area contributed by atoms with Crippen LogP contribution in [0.1, 0.15) is 17.9 Å². The summed E-state index contributed by atoms with van der Waals surface area (Å²) in [6.45, 7) is 0.0252. The molecule has 0 spiro atoms. The van der Waals surface area contributed by atoms with Crippen LogP contribution >= 0.6 is 0 Å². The largest absolute Gasteiger partial charge is 0.497 e. The number of aliphatic hydroxyl groups excluding tert-OH is 1. The van der Waals surface area contributed by atoms with Crippen molar-refractivity contribution in [1.29, 1.82) is 0 Å². The van der Waals surface area contributed by atoms with Crippen LogP contribution in [-0.2, 0) is 4.79 Å². The topological polar surface area (TPSA) is 71.9 Å². The number of ether oxygens (including phenoxy) is 2. The Morgan fingerprint density at radius 1 is 1.31 bits per heavy atom. The standard InChI is InChI=1S/C18H18F2N2O4/c1-25-12-8-13(19)18(14(20)9-12)11-7-17(24)22(10-11)15-3-2-4-16(21-15)26-6-5-23/h2-4,8-9,11,23H,5-7,10H2,1H3. The molecule has 0 radical (unpaired) electrons. The van der Waals surface area contributed by atoms with E-state index < -0.39 is 17.6 Å². The second-order valence-corrected chi connectivity index (χ2v) is 5.82. The summed E-state index contributed by atoms with van der Waals surface area (Å²) in [6.07, 6.45) is -0.0242. The highest BCUT2D eigenvalue weighted by Crippen LogP contribution is 2.35. The van der Waals surface area contributed by atoms with Crippen LogP contribution in [0.3, 0.4) is 0 Å². The smallest absolute Gasteiger partial charge is 0.228 e. The van der Waals surface area contributed by atoms with Crippen molar-refractivity contribution in [3.8, 4) is 11.6 Å². The van der Waals surface area contributed by atoms with Gasteiger partial charge in [-0.3, -0.25) is 9.69 Å². The Bertz CT molecular complexity index is 793. The van der Waals surface area contributed by atoms with Crippen molar-refractivity contribution in [3.63, 3.8) is 0 Å². The maximum absolute atomic E-state index is 14.3. The fourth-order valence-corrected chi connectivity index (χ4v) is 2.98. The number of amides is 1. The summed E-state index contributed by atoms with van der Waals surface area (Å²) >= 11 is 0. The van der Waals surface area contributed by atoms with Crippen LogP contribution in [0, 0.1) is 11.6 Å². The maximum Gasteiger partial charge on any atom is 0.228 e. The van der Waals surface area contributed by atoms with E-state index in [9.17, 15) is 13.6 Å². The molecule has 1 aromatic heterocycles. The molecule has 1 aromatic carbocycles. The molecule has 26 heavy (non-hydrogen) atoms. The number of benzene rings is 1. The summed E-state index contributed by atoms with van der Waals surface area (Å²) in [5.74, 6) is -1.71. The van der Waals surface area contributed by atoms with Crippen molar-refractivity contribution in [1.82, 2.24) is 4.98 Å². The molecule has 0 bridgehead atoms. The molecule has 1 fully saturated rings.